The molecule has 43 heavy (non-hydrogen) atoms. The first-order chi connectivity index (χ1) is 20.8. The van der Waals surface area contributed by atoms with Gasteiger partial charge in [-0.1, -0.05) is 149 Å². The maximum Gasteiger partial charge on any atom is 0.306 e. The van der Waals surface area contributed by atoms with Crippen LogP contribution in [0.4, 0.5) is 0 Å². The molecule has 1 atom stereocenters. The van der Waals surface area contributed by atoms with Gasteiger partial charge in [-0.15, -0.1) is 0 Å². The summed E-state index contributed by atoms with van der Waals surface area (Å²) in [7, 11) is 0. The highest BCUT2D eigenvalue weighted by atomic mass is 16.5. The highest BCUT2D eigenvalue weighted by Crippen LogP contribution is 2.34. The monoisotopic (exact) mass is 603 g/mol. The van der Waals surface area contributed by atoms with Gasteiger partial charge in [-0.3, -0.25) is 9.59 Å². The normalized spacial score (nSPS) is 12.9. The first-order valence-corrected chi connectivity index (χ1v) is 18.8. The Labute approximate surface area is 269 Å². The molecule has 0 amide bonds. The van der Waals surface area contributed by atoms with Crippen molar-refractivity contribution in [2.75, 3.05) is 6.61 Å². The average molecular weight is 603 g/mol. The molecule has 0 heterocycles. The maximum absolute atomic E-state index is 12.2. The van der Waals surface area contributed by atoms with Crippen LogP contribution in [0.1, 0.15) is 202 Å². The smallest absolute Gasteiger partial charge is 0.306 e. The molecule has 0 aromatic carbocycles. The summed E-state index contributed by atoms with van der Waals surface area (Å²) in [5.41, 5.74) is 0.365. The van der Waals surface area contributed by atoms with Crippen LogP contribution in [0.3, 0.4) is 0 Å². The number of rotatable bonds is 31. The lowest BCUT2D eigenvalue weighted by molar-refractivity contribution is -0.142. The van der Waals surface area contributed by atoms with Gasteiger partial charge < -0.3 is 4.74 Å². The summed E-state index contributed by atoms with van der Waals surface area (Å²) in [5.74, 6) is 1.18. The first kappa shape index (κ1) is 41.6. The topological polar surface area (TPSA) is 43.4 Å². The number of hydrogen-bond acceptors (Lipinski definition) is 3. The van der Waals surface area contributed by atoms with Crippen LogP contribution >= 0.6 is 0 Å². The van der Waals surface area contributed by atoms with E-state index in [9.17, 15) is 9.59 Å². The van der Waals surface area contributed by atoms with Gasteiger partial charge in [0.15, 0.2) is 0 Å². The minimum atomic E-state index is -0.0498. The van der Waals surface area contributed by atoms with Gasteiger partial charge >= 0.3 is 5.97 Å². The molecule has 0 spiro atoms. The number of carbonyl (C=O) groups is 2. The summed E-state index contributed by atoms with van der Waals surface area (Å²) < 4.78 is 5.34. The van der Waals surface area contributed by atoms with Crippen LogP contribution in [0.25, 0.3) is 0 Å². The first-order valence-electron chi connectivity index (χ1n) is 18.8. The number of Topliss-reactive ketones (excluding diaryl/α,β-unsaturated/α-hetero) is 1. The van der Waals surface area contributed by atoms with E-state index in [1.165, 1.54) is 116 Å². The highest BCUT2D eigenvalue weighted by Gasteiger charge is 2.23. The zero-order valence-corrected chi connectivity index (χ0v) is 29.7. The minimum Gasteiger partial charge on any atom is -0.461 e. The standard InChI is InChI=1S/C40H74O3/c1-6-8-10-12-14-15-21-27-33-38(41)34-28-22-17-19-25-31-37(40(3,4)5)32-26-20-18-23-29-35-39(42)43-36-30-24-16-13-11-9-7-2/h15,21,24,30,37H,6-14,16-20,22-23,25-29,31-36H2,1-5H3/b21-15-,30-24-. The third-order valence-corrected chi connectivity index (χ3v) is 8.88. The van der Waals surface area contributed by atoms with E-state index in [0.29, 0.717) is 24.2 Å². The predicted octanol–water partition coefficient (Wildman–Crippen LogP) is 13.1. The van der Waals surface area contributed by atoms with E-state index < -0.39 is 0 Å². The fourth-order valence-corrected chi connectivity index (χ4v) is 5.83. The molecule has 0 saturated heterocycles. The summed E-state index contributed by atoms with van der Waals surface area (Å²) in [5, 5.41) is 0. The molecule has 3 heteroatoms. The molecule has 0 N–H and O–H groups in total. The highest BCUT2D eigenvalue weighted by molar-refractivity contribution is 5.78. The second-order valence-electron chi connectivity index (χ2n) is 14.1. The van der Waals surface area contributed by atoms with Gasteiger partial charge in [-0.05, 0) is 69.1 Å². The van der Waals surface area contributed by atoms with E-state index >= 15 is 0 Å². The van der Waals surface area contributed by atoms with Crippen LogP contribution in [-0.4, -0.2) is 18.4 Å². The van der Waals surface area contributed by atoms with Crippen LogP contribution in [-0.2, 0) is 14.3 Å². The van der Waals surface area contributed by atoms with Crippen LogP contribution in [0.5, 0.6) is 0 Å². The Bertz CT molecular complexity index is 632. The van der Waals surface area contributed by atoms with Crippen molar-refractivity contribution >= 4 is 11.8 Å². The van der Waals surface area contributed by atoms with E-state index in [0.717, 1.165) is 50.9 Å². The number of allylic oxidation sites excluding steroid dienone is 3. The number of carbonyl (C=O) groups excluding carboxylic acids is 2. The van der Waals surface area contributed by atoms with Crippen molar-refractivity contribution < 1.29 is 14.3 Å². The molecule has 3 nitrogen and oxygen atoms in total. The van der Waals surface area contributed by atoms with Gasteiger partial charge in [-0.25, -0.2) is 0 Å². The summed E-state index contributed by atoms with van der Waals surface area (Å²) in [6.07, 6.45) is 38.8. The fraction of sp³-hybridized carbons (Fsp3) is 0.850. The molecule has 0 saturated carbocycles. The Hall–Kier alpha value is -1.38. The third-order valence-electron chi connectivity index (χ3n) is 8.88. The maximum atomic E-state index is 12.2. The van der Waals surface area contributed by atoms with Gasteiger partial charge in [0.25, 0.3) is 0 Å². The van der Waals surface area contributed by atoms with E-state index in [4.69, 9.17) is 4.74 Å². The second kappa shape index (κ2) is 30.6. The Morgan fingerprint density at radius 3 is 1.56 bits per heavy atom. The van der Waals surface area contributed by atoms with Crippen molar-refractivity contribution in [2.24, 2.45) is 11.3 Å². The molecule has 0 aromatic heterocycles. The molecule has 252 valence electrons. The zero-order valence-electron chi connectivity index (χ0n) is 29.7. The number of ether oxygens (including phenoxy) is 1. The summed E-state index contributed by atoms with van der Waals surface area (Å²) in [4.78, 5) is 24.1. The second-order valence-corrected chi connectivity index (χ2v) is 14.1. The molecule has 0 aliphatic rings. The molecule has 0 radical (unpaired) electrons. The van der Waals surface area contributed by atoms with E-state index in [2.05, 4.69) is 52.8 Å². The van der Waals surface area contributed by atoms with Crippen molar-refractivity contribution in [1.29, 1.82) is 0 Å². The average Bonchev–Trinajstić information content (AvgIpc) is 2.97. The number of unbranched alkanes of at least 4 members (excludes halogenated alkanes) is 16. The molecule has 0 fully saturated rings. The summed E-state index contributed by atoms with van der Waals surface area (Å²) in [6.45, 7) is 12.1. The molecular formula is C40H74O3. The summed E-state index contributed by atoms with van der Waals surface area (Å²) in [6, 6.07) is 0. The lowest BCUT2D eigenvalue weighted by atomic mass is 9.75. The minimum absolute atomic E-state index is 0.0498. The van der Waals surface area contributed by atoms with Gasteiger partial charge in [0.2, 0.25) is 0 Å². The zero-order chi connectivity index (χ0) is 31.9. The molecule has 0 aromatic rings. The van der Waals surface area contributed by atoms with Crippen molar-refractivity contribution in [3.63, 3.8) is 0 Å². The Kier molecular flexibility index (Phi) is 29.7. The van der Waals surface area contributed by atoms with Crippen LogP contribution in [0.2, 0.25) is 0 Å². The molecule has 0 rings (SSSR count). The lowest BCUT2D eigenvalue weighted by Gasteiger charge is -2.31. The predicted molar refractivity (Wildman–Crippen MR) is 189 cm³/mol. The largest absolute Gasteiger partial charge is 0.461 e. The van der Waals surface area contributed by atoms with E-state index in [-0.39, 0.29) is 5.97 Å². The molecule has 0 aliphatic carbocycles. The van der Waals surface area contributed by atoms with Crippen molar-refractivity contribution in [3.05, 3.63) is 24.3 Å². The summed E-state index contributed by atoms with van der Waals surface area (Å²) >= 11 is 0. The Morgan fingerprint density at radius 1 is 0.535 bits per heavy atom. The third kappa shape index (κ3) is 30.4. The van der Waals surface area contributed by atoms with Crippen LogP contribution < -0.4 is 0 Å². The van der Waals surface area contributed by atoms with Gasteiger partial charge in [0.05, 0.1) is 0 Å². The lowest BCUT2D eigenvalue weighted by Crippen LogP contribution is -2.20. The van der Waals surface area contributed by atoms with Crippen molar-refractivity contribution in [3.8, 4) is 0 Å². The Balaban J connectivity index is 3.76. The van der Waals surface area contributed by atoms with Crippen molar-refractivity contribution in [1.82, 2.24) is 0 Å². The van der Waals surface area contributed by atoms with E-state index in [1.807, 2.05) is 6.08 Å². The number of hydrogen-bond donors (Lipinski definition) is 0. The number of ketones is 1. The quantitative estimate of drug-likeness (QED) is 0.0450. The number of esters is 1. The van der Waals surface area contributed by atoms with Gasteiger partial charge in [-0.2, -0.15) is 0 Å². The molecular weight excluding hydrogens is 528 g/mol. The molecule has 0 aliphatic heterocycles. The van der Waals surface area contributed by atoms with Gasteiger partial charge in [0, 0.05) is 19.3 Å². The SMILES string of the molecule is CCCCCC/C=C\CCC(=O)CCCCCCCC(CCCCCCCC(=O)OC/C=C\CCCCCC)C(C)(C)C. The van der Waals surface area contributed by atoms with Crippen LogP contribution in [0.15, 0.2) is 24.3 Å². The van der Waals surface area contributed by atoms with Crippen LogP contribution in [0, 0.1) is 11.3 Å². The molecule has 1 unspecified atom stereocenters. The molecule has 0 bridgehead atoms. The van der Waals surface area contributed by atoms with E-state index in [1.54, 1.807) is 0 Å². The van der Waals surface area contributed by atoms with Gasteiger partial charge in [0.1, 0.15) is 12.4 Å². The Morgan fingerprint density at radius 2 is 1.00 bits per heavy atom. The fourth-order valence-electron chi connectivity index (χ4n) is 5.83. The van der Waals surface area contributed by atoms with Crippen molar-refractivity contribution in [2.45, 2.75) is 202 Å².